The summed E-state index contributed by atoms with van der Waals surface area (Å²) in [5, 5.41) is 11.1. The zero-order chi connectivity index (χ0) is 13.3. The molecule has 0 aliphatic heterocycles. The molecule has 0 spiro atoms. The van der Waals surface area contributed by atoms with E-state index in [0.29, 0.717) is 15.9 Å². The van der Waals surface area contributed by atoms with Crippen LogP contribution in [0.3, 0.4) is 0 Å². The second-order valence-corrected chi connectivity index (χ2v) is 4.22. The molecule has 1 heterocycles. The average molecular weight is 266 g/mol. The molecule has 1 aromatic heterocycles. The number of fused-ring (bicyclic) bond motifs is 1. The lowest BCUT2D eigenvalue weighted by Gasteiger charge is -2.08. The van der Waals surface area contributed by atoms with Crippen LogP contribution < -0.4 is 0 Å². The van der Waals surface area contributed by atoms with Gasteiger partial charge in [-0.05, 0) is 31.5 Å². The molecule has 0 aliphatic carbocycles. The van der Waals surface area contributed by atoms with Gasteiger partial charge in [-0.2, -0.15) is 0 Å². The van der Waals surface area contributed by atoms with Crippen LogP contribution in [0.25, 0.3) is 10.9 Å². The molecule has 0 atom stereocenters. The number of rotatable bonds is 2. The number of hydrogen-bond donors (Lipinski definition) is 1. The van der Waals surface area contributed by atoms with Crippen LogP contribution in [0.15, 0.2) is 18.2 Å². The van der Waals surface area contributed by atoms with Gasteiger partial charge in [-0.15, -0.1) is 0 Å². The first-order valence-electron chi connectivity index (χ1n) is 5.50. The number of ether oxygens (including phenoxy) is 1. The topological polar surface area (TPSA) is 59.4 Å². The molecule has 0 aliphatic rings. The van der Waals surface area contributed by atoms with Gasteiger partial charge in [0.2, 0.25) is 0 Å². The predicted molar refractivity (Wildman–Crippen MR) is 69.1 cm³/mol. The zero-order valence-electron chi connectivity index (χ0n) is 10.0. The number of hydrogen-bond acceptors (Lipinski definition) is 4. The Balaban J connectivity index is 2.64. The second kappa shape index (κ2) is 4.82. The maximum atomic E-state index is 11.6. The van der Waals surface area contributed by atoms with Crippen LogP contribution in [0, 0.1) is 6.92 Å². The van der Waals surface area contributed by atoms with Gasteiger partial charge in [-0.1, -0.05) is 11.6 Å². The van der Waals surface area contributed by atoms with E-state index < -0.39 is 5.97 Å². The Morgan fingerprint density at radius 1 is 1.50 bits per heavy atom. The minimum Gasteiger partial charge on any atom is -0.507 e. The second-order valence-electron chi connectivity index (χ2n) is 3.81. The monoisotopic (exact) mass is 265 g/mol. The average Bonchev–Trinajstić information content (AvgIpc) is 2.33. The number of aromatic nitrogens is 1. The van der Waals surface area contributed by atoms with E-state index in [1.165, 1.54) is 6.07 Å². The van der Waals surface area contributed by atoms with Crippen LogP contribution in [0.5, 0.6) is 5.75 Å². The van der Waals surface area contributed by atoms with E-state index in [0.717, 1.165) is 5.56 Å². The summed E-state index contributed by atoms with van der Waals surface area (Å²) in [4.78, 5) is 15.7. The van der Waals surface area contributed by atoms with Crippen molar-refractivity contribution in [3.8, 4) is 5.75 Å². The van der Waals surface area contributed by atoms with E-state index in [1.807, 2.05) is 0 Å². The van der Waals surface area contributed by atoms with Crippen molar-refractivity contribution < 1.29 is 14.6 Å². The molecule has 0 amide bonds. The largest absolute Gasteiger partial charge is 0.507 e. The Hall–Kier alpha value is -1.81. The third-order valence-corrected chi connectivity index (χ3v) is 3.04. The minimum absolute atomic E-state index is 0.0250. The molecule has 0 bridgehead atoms. The van der Waals surface area contributed by atoms with Crippen LogP contribution in [-0.4, -0.2) is 22.7 Å². The maximum absolute atomic E-state index is 11.6. The normalized spacial score (nSPS) is 10.6. The van der Waals surface area contributed by atoms with Crippen LogP contribution in [0.1, 0.15) is 23.0 Å². The van der Waals surface area contributed by atoms with Crippen molar-refractivity contribution in [1.82, 2.24) is 4.98 Å². The fourth-order valence-corrected chi connectivity index (χ4v) is 1.92. The quantitative estimate of drug-likeness (QED) is 0.848. The Labute approximate surface area is 109 Å². The predicted octanol–water partition coefficient (Wildman–Crippen LogP) is 3.08. The number of halogens is 1. The molecule has 1 N–H and O–H groups in total. The van der Waals surface area contributed by atoms with Crippen molar-refractivity contribution in [3.05, 3.63) is 34.5 Å². The number of nitrogens with zero attached hydrogens (tertiary/aromatic N) is 1. The van der Waals surface area contributed by atoms with Crippen molar-refractivity contribution in [2.24, 2.45) is 0 Å². The molecule has 94 valence electrons. The highest BCUT2D eigenvalue weighted by Gasteiger charge is 2.14. The van der Waals surface area contributed by atoms with Gasteiger partial charge in [0.15, 0.2) is 5.69 Å². The van der Waals surface area contributed by atoms with Crippen LogP contribution in [0.4, 0.5) is 0 Å². The molecular formula is C13H12ClNO3. The molecule has 2 rings (SSSR count). The Morgan fingerprint density at radius 3 is 2.89 bits per heavy atom. The third-order valence-electron chi connectivity index (χ3n) is 2.63. The zero-order valence-corrected chi connectivity index (χ0v) is 10.8. The first-order valence-corrected chi connectivity index (χ1v) is 5.88. The number of aromatic hydroxyl groups is 1. The van der Waals surface area contributed by atoms with E-state index in [9.17, 15) is 9.90 Å². The van der Waals surface area contributed by atoms with Gasteiger partial charge in [0.05, 0.1) is 12.1 Å². The highest BCUT2D eigenvalue weighted by molar-refractivity contribution is 6.32. The summed E-state index contributed by atoms with van der Waals surface area (Å²) in [6.07, 6.45) is 0. The third kappa shape index (κ3) is 2.11. The Morgan fingerprint density at radius 2 is 2.22 bits per heavy atom. The molecule has 0 saturated carbocycles. The van der Waals surface area contributed by atoms with Gasteiger partial charge < -0.3 is 9.84 Å². The van der Waals surface area contributed by atoms with Gasteiger partial charge in [0.25, 0.3) is 0 Å². The molecule has 4 nitrogen and oxygen atoms in total. The number of carbonyl (C=O) groups excluding carboxylic acids is 1. The first kappa shape index (κ1) is 12.6. The number of carbonyl (C=O) groups is 1. The van der Waals surface area contributed by atoms with E-state index in [4.69, 9.17) is 16.3 Å². The fraction of sp³-hybridized carbons (Fsp3) is 0.231. The van der Waals surface area contributed by atoms with E-state index in [1.54, 1.807) is 26.0 Å². The molecule has 0 saturated heterocycles. The molecular weight excluding hydrogens is 254 g/mol. The van der Waals surface area contributed by atoms with E-state index >= 15 is 0 Å². The lowest BCUT2D eigenvalue weighted by atomic mass is 10.1. The lowest BCUT2D eigenvalue weighted by molar-refractivity contribution is 0.0519. The molecule has 0 fully saturated rings. The van der Waals surface area contributed by atoms with Crippen molar-refractivity contribution in [2.45, 2.75) is 13.8 Å². The van der Waals surface area contributed by atoms with Crippen LogP contribution in [0.2, 0.25) is 5.02 Å². The molecule has 0 radical (unpaired) electrons. The van der Waals surface area contributed by atoms with Gasteiger partial charge in [0, 0.05) is 16.5 Å². The SMILES string of the molecule is CCOC(=O)c1cc(O)c2c(C)c(Cl)ccc2n1. The van der Waals surface area contributed by atoms with Gasteiger partial charge in [0.1, 0.15) is 5.75 Å². The molecule has 18 heavy (non-hydrogen) atoms. The summed E-state index contributed by atoms with van der Waals surface area (Å²) in [7, 11) is 0. The van der Waals surface area contributed by atoms with E-state index in [-0.39, 0.29) is 18.1 Å². The smallest absolute Gasteiger partial charge is 0.357 e. The number of pyridine rings is 1. The summed E-state index contributed by atoms with van der Waals surface area (Å²) in [5.74, 6) is -0.578. The van der Waals surface area contributed by atoms with Crippen LogP contribution in [-0.2, 0) is 4.74 Å². The van der Waals surface area contributed by atoms with E-state index in [2.05, 4.69) is 4.98 Å². The number of aryl methyl sites for hydroxylation is 1. The summed E-state index contributed by atoms with van der Waals surface area (Å²) in [5.41, 5.74) is 1.33. The van der Waals surface area contributed by atoms with Crippen molar-refractivity contribution in [2.75, 3.05) is 6.61 Å². The number of benzene rings is 1. The standard InChI is InChI=1S/C13H12ClNO3/c1-3-18-13(17)10-6-11(16)12-7(2)8(14)4-5-9(12)15-10/h4-6H,3H2,1-2H3,(H,15,16). The summed E-state index contributed by atoms with van der Waals surface area (Å²) >= 11 is 5.98. The first-order chi connectivity index (χ1) is 8.54. The Bertz CT molecular complexity index is 625. The Kier molecular flexibility index (Phi) is 3.39. The molecule has 0 unspecified atom stereocenters. The van der Waals surface area contributed by atoms with Crippen LogP contribution >= 0.6 is 11.6 Å². The van der Waals surface area contributed by atoms with Gasteiger partial charge in [-0.25, -0.2) is 9.78 Å². The molecule has 2 aromatic rings. The summed E-state index contributed by atoms with van der Waals surface area (Å²) in [6, 6.07) is 4.64. The van der Waals surface area contributed by atoms with Crippen molar-refractivity contribution in [1.29, 1.82) is 0 Å². The van der Waals surface area contributed by atoms with Gasteiger partial charge in [-0.3, -0.25) is 0 Å². The maximum Gasteiger partial charge on any atom is 0.357 e. The lowest BCUT2D eigenvalue weighted by Crippen LogP contribution is -2.07. The summed E-state index contributed by atoms with van der Waals surface area (Å²) in [6.45, 7) is 3.76. The van der Waals surface area contributed by atoms with Gasteiger partial charge >= 0.3 is 5.97 Å². The molecule has 5 heteroatoms. The highest BCUT2D eigenvalue weighted by Crippen LogP contribution is 2.31. The molecule has 1 aromatic carbocycles. The van der Waals surface area contributed by atoms with Crippen molar-refractivity contribution in [3.63, 3.8) is 0 Å². The summed E-state index contributed by atoms with van der Waals surface area (Å²) < 4.78 is 4.85. The number of esters is 1. The minimum atomic E-state index is -0.553. The fourth-order valence-electron chi connectivity index (χ4n) is 1.76. The highest BCUT2D eigenvalue weighted by atomic mass is 35.5. The van der Waals surface area contributed by atoms with Crippen molar-refractivity contribution >= 4 is 28.5 Å².